The Labute approximate surface area is 164 Å². The third kappa shape index (κ3) is 4.50. The van der Waals surface area contributed by atoms with Gasteiger partial charge >= 0.3 is 5.97 Å². The summed E-state index contributed by atoms with van der Waals surface area (Å²) in [5.41, 5.74) is 1.87. The molecule has 0 aliphatic carbocycles. The van der Waals surface area contributed by atoms with Crippen LogP contribution in [0.5, 0.6) is 0 Å². The lowest BCUT2D eigenvalue weighted by atomic mass is 10.00. The number of piperidine rings is 1. The van der Waals surface area contributed by atoms with E-state index < -0.39 is 5.97 Å². The molecule has 2 aromatic rings. The van der Waals surface area contributed by atoms with E-state index in [2.05, 4.69) is 22.1 Å². The number of nitrogens with zero attached hydrogens (tertiary/aromatic N) is 3. The minimum atomic E-state index is -0.417. The van der Waals surface area contributed by atoms with Gasteiger partial charge in [0.1, 0.15) is 5.82 Å². The Morgan fingerprint density at radius 2 is 2.15 bits per heavy atom. The maximum Gasteiger partial charge on any atom is 0.337 e. The lowest BCUT2D eigenvalue weighted by molar-refractivity contribution is 0.0601. The second-order valence-electron chi connectivity index (χ2n) is 6.75. The molecule has 1 unspecified atom stereocenters. The maximum atomic E-state index is 11.8. The van der Waals surface area contributed by atoms with Gasteiger partial charge < -0.3 is 15.0 Å². The largest absolute Gasteiger partial charge is 0.465 e. The van der Waals surface area contributed by atoms with E-state index >= 15 is 0 Å². The van der Waals surface area contributed by atoms with Crippen molar-refractivity contribution in [2.75, 3.05) is 23.9 Å². The van der Waals surface area contributed by atoms with Gasteiger partial charge in [-0.1, -0.05) is 18.5 Å². The summed E-state index contributed by atoms with van der Waals surface area (Å²) in [4.78, 5) is 23.4. The van der Waals surface area contributed by atoms with Crippen LogP contribution < -0.4 is 10.2 Å². The Morgan fingerprint density at radius 3 is 2.89 bits per heavy atom. The van der Waals surface area contributed by atoms with Gasteiger partial charge in [0.15, 0.2) is 0 Å². The molecular weight excluding hydrogens is 364 g/mol. The van der Waals surface area contributed by atoms with Gasteiger partial charge in [-0.15, -0.1) is 0 Å². The number of ether oxygens (including phenoxy) is 1. The number of hydrogen-bond acceptors (Lipinski definition) is 6. The molecule has 27 heavy (non-hydrogen) atoms. The van der Waals surface area contributed by atoms with E-state index in [1.54, 1.807) is 18.2 Å². The van der Waals surface area contributed by atoms with E-state index in [-0.39, 0.29) is 0 Å². The molecule has 0 spiro atoms. The van der Waals surface area contributed by atoms with Gasteiger partial charge in [-0.05, 0) is 50.8 Å². The van der Waals surface area contributed by atoms with Crippen LogP contribution in [0.4, 0.5) is 17.5 Å². The van der Waals surface area contributed by atoms with Crippen molar-refractivity contribution in [1.82, 2.24) is 9.97 Å². The van der Waals surface area contributed by atoms with Crippen molar-refractivity contribution in [3.63, 3.8) is 0 Å². The summed E-state index contributed by atoms with van der Waals surface area (Å²) >= 11 is 6.29. The molecule has 1 aromatic heterocycles. The fourth-order valence-electron chi connectivity index (χ4n) is 3.47. The summed E-state index contributed by atoms with van der Waals surface area (Å²) in [6.45, 7) is 5.18. The summed E-state index contributed by atoms with van der Waals surface area (Å²) < 4.78 is 4.78. The third-order valence-corrected chi connectivity index (χ3v) is 5.20. The first-order valence-corrected chi connectivity index (χ1v) is 9.66. The quantitative estimate of drug-likeness (QED) is 0.746. The number of halogens is 1. The van der Waals surface area contributed by atoms with Gasteiger partial charge in [0.05, 0.1) is 23.4 Å². The molecule has 1 N–H and O–H groups in total. The molecule has 0 bridgehead atoms. The number of carbonyl (C=O) groups is 1. The van der Waals surface area contributed by atoms with E-state index in [4.69, 9.17) is 21.3 Å². The molecule has 1 aliphatic heterocycles. The standard InChI is InChI=1S/C20H25ClN4O2/c1-4-15-7-5-6-10-25(15)18-11-13(2)22-20(24-18)23-17-12-14(19(26)27-3)8-9-16(17)21/h8-9,11-12,15H,4-7,10H2,1-3H3,(H,22,23,24). The highest BCUT2D eigenvalue weighted by Crippen LogP contribution is 2.29. The summed E-state index contributed by atoms with van der Waals surface area (Å²) in [6, 6.07) is 7.46. The number of esters is 1. The summed E-state index contributed by atoms with van der Waals surface area (Å²) in [7, 11) is 1.35. The van der Waals surface area contributed by atoms with Gasteiger partial charge in [-0.3, -0.25) is 0 Å². The Balaban J connectivity index is 1.90. The zero-order valence-corrected chi connectivity index (χ0v) is 16.7. The zero-order valence-electron chi connectivity index (χ0n) is 16.0. The second-order valence-corrected chi connectivity index (χ2v) is 7.16. The van der Waals surface area contributed by atoms with Crippen LogP contribution in [-0.4, -0.2) is 35.6 Å². The molecule has 1 aromatic carbocycles. The van der Waals surface area contributed by atoms with Gasteiger partial charge in [-0.2, -0.15) is 4.98 Å². The van der Waals surface area contributed by atoms with Crippen LogP contribution in [0.25, 0.3) is 0 Å². The van der Waals surface area contributed by atoms with Crippen molar-refractivity contribution in [3.8, 4) is 0 Å². The number of aromatic nitrogens is 2. The first-order valence-electron chi connectivity index (χ1n) is 9.29. The fourth-order valence-corrected chi connectivity index (χ4v) is 3.63. The molecule has 0 saturated carbocycles. The molecule has 2 heterocycles. The average molecular weight is 389 g/mol. The first kappa shape index (κ1) is 19.4. The van der Waals surface area contributed by atoms with Crippen LogP contribution in [0.1, 0.15) is 48.7 Å². The molecule has 7 heteroatoms. The first-order chi connectivity index (χ1) is 13.0. The molecular formula is C20H25ClN4O2. The van der Waals surface area contributed by atoms with Gasteiger partial charge in [0, 0.05) is 24.3 Å². The van der Waals surface area contributed by atoms with Gasteiger partial charge in [0.25, 0.3) is 0 Å². The molecule has 6 nitrogen and oxygen atoms in total. The Morgan fingerprint density at radius 1 is 1.33 bits per heavy atom. The maximum absolute atomic E-state index is 11.8. The van der Waals surface area contributed by atoms with Gasteiger partial charge in [-0.25, -0.2) is 9.78 Å². The van der Waals surface area contributed by atoms with Crippen LogP contribution >= 0.6 is 11.6 Å². The number of benzene rings is 1. The molecule has 3 rings (SSSR count). The van der Waals surface area contributed by atoms with Crippen molar-refractivity contribution >= 4 is 35.0 Å². The molecule has 1 atom stereocenters. The number of nitrogens with one attached hydrogen (secondary N) is 1. The minimum absolute atomic E-state index is 0.416. The Kier molecular flexibility index (Phi) is 6.16. The van der Waals surface area contributed by atoms with Gasteiger partial charge in [0.2, 0.25) is 5.95 Å². The highest BCUT2D eigenvalue weighted by molar-refractivity contribution is 6.33. The summed E-state index contributed by atoms with van der Waals surface area (Å²) in [5, 5.41) is 3.64. The van der Waals surface area contributed by atoms with Crippen molar-refractivity contribution in [2.24, 2.45) is 0 Å². The number of rotatable bonds is 5. The zero-order chi connectivity index (χ0) is 19.4. The van der Waals surface area contributed by atoms with Crippen molar-refractivity contribution in [3.05, 3.63) is 40.5 Å². The third-order valence-electron chi connectivity index (χ3n) is 4.87. The van der Waals surface area contributed by atoms with E-state index in [1.165, 1.54) is 26.4 Å². The van der Waals surface area contributed by atoms with Crippen molar-refractivity contribution in [1.29, 1.82) is 0 Å². The van der Waals surface area contributed by atoms with Crippen LogP contribution in [0.3, 0.4) is 0 Å². The Hall–Kier alpha value is -2.34. The number of anilines is 3. The molecule has 1 saturated heterocycles. The fraction of sp³-hybridized carbons (Fsp3) is 0.450. The lowest BCUT2D eigenvalue weighted by Gasteiger charge is -2.36. The van der Waals surface area contributed by atoms with Crippen molar-refractivity contribution < 1.29 is 9.53 Å². The molecule has 1 fully saturated rings. The van der Waals surface area contributed by atoms with E-state index in [0.29, 0.717) is 28.3 Å². The van der Waals surface area contributed by atoms with Crippen LogP contribution in [0.15, 0.2) is 24.3 Å². The average Bonchev–Trinajstić information content (AvgIpc) is 2.68. The lowest BCUT2D eigenvalue weighted by Crippen LogP contribution is -2.39. The predicted octanol–water partition coefficient (Wildman–Crippen LogP) is 4.74. The van der Waals surface area contributed by atoms with E-state index in [0.717, 1.165) is 24.5 Å². The highest BCUT2D eigenvalue weighted by Gasteiger charge is 2.23. The summed E-state index contributed by atoms with van der Waals surface area (Å²) in [5.74, 6) is 0.978. The number of methoxy groups -OCH3 is 1. The smallest absolute Gasteiger partial charge is 0.337 e. The SMILES string of the molecule is CCC1CCCCN1c1cc(C)nc(Nc2cc(C(=O)OC)ccc2Cl)n1. The number of hydrogen-bond donors (Lipinski definition) is 1. The minimum Gasteiger partial charge on any atom is -0.465 e. The number of aryl methyl sites for hydroxylation is 1. The van der Waals surface area contributed by atoms with Crippen molar-refractivity contribution in [2.45, 2.75) is 45.6 Å². The summed E-state index contributed by atoms with van der Waals surface area (Å²) in [6.07, 6.45) is 4.73. The number of carbonyl (C=O) groups excluding carboxylic acids is 1. The normalized spacial score (nSPS) is 16.9. The topological polar surface area (TPSA) is 67.4 Å². The molecule has 144 valence electrons. The van der Waals surface area contributed by atoms with Crippen LogP contribution in [0, 0.1) is 6.92 Å². The predicted molar refractivity (Wildman–Crippen MR) is 108 cm³/mol. The second kappa shape index (κ2) is 8.57. The van der Waals surface area contributed by atoms with E-state index in [1.807, 2.05) is 13.0 Å². The highest BCUT2D eigenvalue weighted by atomic mass is 35.5. The molecule has 1 aliphatic rings. The van der Waals surface area contributed by atoms with E-state index in [9.17, 15) is 4.79 Å². The monoisotopic (exact) mass is 388 g/mol. The molecule has 0 amide bonds. The molecule has 0 radical (unpaired) electrons. The van der Waals surface area contributed by atoms with Crippen LogP contribution in [0.2, 0.25) is 5.02 Å². The Bertz CT molecular complexity index is 828. The van der Waals surface area contributed by atoms with Crippen LogP contribution in [-0.2, 0) is 4.74 Å².